The molecule has 1 aromatic heterocycles. The quantitative estimate of drug-likeness (QED) is 0.810. The molecule has 0 unspecified atom stereocenters. The number of halogens is 3. The van der Waals surface area contributed by atoms with Gasteiger partial charge in [-0.15, -0.1) is 11.3 Å². The highest BCUT2D eigenvalue weighted by Gasteiger charge is 2.30. The first-order valence-corrected chi connectivity index (χ1v) is 9.52. The van der Waals surface area contributed by atoms with Crippen LogP contribution in [-0.2, 0) is 17.4 Å². The van der Waals surface area contributed by atoms with Gasteiger partial charge in [0.1, 0.15) is 0 Å². The van der Waals surface area contributed by atoms with E-state index < -0.39 is 11.7 Å². The topological polar surface area (TPSA) is 32.3 Å². The van der Waals surface area contributed by atoms with Crippen LogP contribution in [0.1, 0.15) is 34.9 Å². The number of benzene rings is 1. The van der Waals surface area contributed by atoms with Gasteiger partial charge in [-0.3, -0.25) is 9.69 Å². The van der Waals surface area contributed by atoms with Crippen LogP contribution in [0.2, 0.25) is 0 Å². The highest BCUT2D eigenvalue weighted by Crippen LogP contribution is 2.30. The van der Waals surface area contributed by atoms with Gasteiger partial charge < -0.3 is 5.32 Å². The van der Waals surface area contributed by atoms with Gasteiger partial charge in [0.2, 0.25) is 5.91 Å². The van der Waals surface area contributed by atoms with Crippen molar-refractivity contribution in [2.24, 2.45) is 0 Å². The van der Waals surface area contributed by atoms with Gasteiger partial charge in [-0.05, 0) is 49.0 Å². The number of hydrogen-bond acceptors (Lipinski definition) is 3. The molecule has 26 heavy (non-hydrogen) atoms. The molecule has 1 saturated heterocycles. The van der Waals surface area contributed by atoms with E-state index in [0.29, 0.717) is 12.1 Å². The molecule has 2 heterocycles. The zero-order chi connectivity index (χ0) is 18.6. The summed E-state index contributed by atoms with van der Waals surface area (Å²) in [7, 11) is 0. The summed E-state index contributed by atoms with van der Waals surface area (Å²) in [5.74, 6) is -0.259. The maximum Gasteiger partial charge on any atom is 0.416 e. The molecule has 3 nitrogen and oxygen atoms in total. The maximum atomic E-state index is 12.8. The predicted molar refractivity (Wildman–Crippen MR) is 96.0 cm³/mol. The Labute approximate surface area is 154 Å². The zero-order valence-electron chi connectivity index (χ0n) is 14.3. The van der Waals surface area contributed by atoms with E-state index in [1.807, 2.05) is 11.4 Å². The molecule has 1 atom stereocenters. The number of nitrogens with zero attached hydrogens (tertiary/aromatic N) is 1. The molecular weight excluding hydrogens is 361 g/mol. The van der Waals surface area contributed by atoms with Crippen molar-refractivity contribution in [1.29, 1.82) is 0 Å². The molecule has 1 fully saturated rings. The van der Waals surface area contributed by atoms with Gasteiger partial charge in [-0.1, -0.05) is 24.3 Å². The first-order chi connectivity index (χ1) is 12.4. The summed E-state index contributed by atoms with van der Waals surface area (Å²) in [5, 5.41) is 4.92. The fourth-order valence-corrected chi connectivity index (χ4v) is 4.12. The van der Waals surface area contributed by atoms with Crippen LogP contribution in [0.5, 0.6) is 0 Å². The minimum absolute atomic E-state index is 0.0545. The summed E-state index contributed by atoms with van der Waals surface area (Å²) < 4.78 is 38.4. The van der Waals surface area contributed by atoms with Crippen molar-refractivity contribution in [3.8, 4) is 0 Å². The average Bonchev–Trinajstić information content (AvgIpc) is 3.28. The summed E-state index contributed by atoms with van der Waals surface area (Å²) in [4.78, 5) is 15.8. The van der Waals surface area contributed by atoms with Gasteiger partial charge in [-0.25, -0.2) is 0 Å². The SMILES string of the molecule is O=C(Cc1cccc(C(F)(F)F)c1)NC[C@@H](c1cccs1)N1CCCC1. The molecule has 0 spiro atoms. The fourth-order valence-electron chi connectivity index (χ4n) is 3.26. The van der Waals surface area contributed by atoms with Crippen LogP contribution in [0.3, 0.4) is 0 Å². The van der Waals surface area contributed by atoms with E-state index in [9.17, 15) is 18.0 Å². The third kappa shape index (κ3) is 4.86. The maximum absolute atomic E-state index is 12.8. The molecule has 0 aliphatic carbocycles. The van der Waals surface area contributed by atoms with Crippen molar-refractivity contribution < 1.29 is 18.0 Å². The van der Waals surface area contributed by atoms with E-state index in [1.165, 1.54) is 10.9 Å². The zero-order valence-corrected chi connectivity index (χ0v) is 15.1. The molecule has 1 N–H and O–H groups in total. The molecule has 140 valence electrons. The van der Waals surface area contributed by atoms with E-state index in [2.05, 4.69) is 16.3 Å². The standard InChI is InChI=1S/C19H21F3N2OS/c20-19(21,22)15-6-3-5-14(11-15)12-18(25)23-13-16(17-7-4-10-26-17)24-8-1-2-9-24/h3-7,10-11,16H,1-2,8-9,12-13H2,(H,23,25)/t16-/m0/s1. The first-order valence-electron chi connectivity index (χ1n) is 8.64. The van der Waals surface area contributed by atoms with Gasteiger partial charge in [0, 0.05) is 11.4 Å². The molecular formula is C19H21F3N2OS. The number of hydrogen-bond donors (Lipinski definition) is 1. The Kier molecular flexibility index (Phi) is 5.98. The van der Waals surface area contributed by atoms with Crippen molar-refractivity contribution >= 4 is 17.2 Å². The van der Waals surface area contributed by atoms with Crippen LogP contribution in [0.4, 0.5) is 13.2 Å². The summed E-state index contributed by atoms with van der Waals surface area (Å²) in [5.41, 5.74) is -0.359. The Morgan fingerprint density at radius 1 is 1.19 bits per heavy atom. The lowest BCUT2D eigenvalue weighted by Gasteiger charge is -2.27. The van der Waals surface area contributed by atoms with Crippen molar-refractivity contribution in [3.63, 3.8) is 0 Å². The molecule has 0 radical (unpaired) electrons. The highest BCUT2D eigenvalue weighted by atomic mass is 32.1. The van der Waals surface area contributed by atoms with E-state index >= 15 is 0 Å². The molecule has 7 heteroatoms. The second-order valence-electron chi connectivity index (χ2n) is 6.45. The van der Waals surface area contributed by atoms with Crippen molar-refractivity contribution in [1.82, 2.24) is 10.2 Å². The van der Waals surface area contributed by atoms with E-state index in [1.54, 1.807) is 17.4 Å². The Morgan fingerprint density at radius 2 is 1.96 bits per heavy atom. The van der Waals surface area contributed by atoms with E-state index in [4.69, 9.17) is 0 Å². The van der Waals surface area contributed by atoms with Crippen molar-refractivity contribution in [2.75, 3.05) is 19.6 Å². The molecule has 0 saturated carbocycles. The summed E-state index contributed by atoms with van der Waals surface area (Å²) in [6.07, 6.45) is -2.15. The Bertz CT molecular complexity index is 725. The Hall–Kier alpha value is -1.86. The third-order valence-electron chi connectivity index (χ3n) is 4.56. The molecule has 0 bridgehead atoms. The lowest BCUT2D eigenvalue weighted by molar-refractivity contribution is -0.137. The number of rotatable bonds is 6. The second-order valence-corrected chi connectivity index (χ2v) is 7.43. The van der Waals surface area contributed by atoms with E-state index in [0.717, 1.165) is 38.1 Å². The number of carbonyl (C=O) groups is 1. The monoisotopic (exact) mass is 382 g/mol. The molecule has 1 aliphatic heterocycles. The largest absolute Gasteiger partial charge is 0.416 e. The first kappa shape index (κ1) is 18.9. The van der Waals surface area contributed by atoms with Crippen molar-refractivity contribution in [2.45, 2.75) is 31.5 Å². The summed E-state index contributed by atoms with van der Waals surface area (Å²) >= 11 is 1.66. The second kappa shape index (κ2) is 8.22. The third-order valence-corrected chi connectivity index (χ3v) is 5.54. The van der Waals surface area contributed by atoms with Crippen LogP contribution < -0.4 is 5.32 Å². The Balaban J connectivity index is 1.60. The van der Waals surface area contributed by atoms with Gasteiger partial charge in [0.15, 0.2) is 0 Å². The molecule has 1 aromatic carbocycles. The lowest BCUT2D eigenvalue weighted by atomic mass is 10.1. The van der Waals surface area contributed by atoms with Gasteiger partial charge in [0.25, 0.3) is 0 Å². The highest BCUT2D eigenvalue weighted by molar-refractivity contribution is 7.10. The molecule has 3 rings (SSSR count). The molecule has 1 amide bonds. The number of nitrogens with one attached hydrogen (secondary N) is 1. The van der Waals surface area contributed by atoms with Crippen LogP contribution in [-0.4, -0.2) is 30.4 Å². The lowest BCUT2D eigenvalue weighted by Crippen LogP contribution is -2.37. The van der Waals surface area contributed by atoms with Crippen LogP contribution >= 0.6 is 11.3 Å². The number of likely N-dealkylation sites (tertiary alicyclic amines) is 1. The number of carbonyl (C=O) groups excluding carboxylic acids is 1. The van der Waals surface area contributed by atoms with E-state index in [-0.39, 0.29) is 18.4 Å². The average molecular weight is 382 g/mol. The minimum atomic E-state index is -4.40. The number of thiophene rings is 1. The number of alkyl halides is 3. The van der Waals surface area contributed by atoms with Gasteiger partial charge in [0.05, 0.1) is 18.0 Å². The van der Waals surface area contributed by atoms with Crippen LogP contribution in [0, 0.1) is 0 Å². The van der Waals surface area contributed by atoms with Gasteiger partial charge in [-0.2, -0.15) is 13.2 Å². The fraction of sp³-hybridized carbons (Fsp3) is 0.421. The van der Waals surface area contributed by atoms with Crippen molar-refractivity contribution in [3.05, 3.63) is 57.8 Å². The normalized spacial score (nSPS) is 16.6. The van der Waals surface area contributed by atoms with Gasteiger partial charge >= 0.3 is 6.18 Å². The summed E-state index contributed by atoms with van der Waals surface area (Å²) in [6.45, 7) is 2.48. The smallest absolute Gasteiger partial charge is 0.354 e. The van der Waals surface area contributed by atoms with Crippen LogP contribution in [0.25, 0.3) is 0 Å². The predicted octanol–water partition coefficient (Wildman–Crippen LogP) is 4.26. The summed E-state index contributed by atoms with van der Waals surface area (Å²) in [6, 6.07) is 9.12. The number of amides is 1. The van der Waals surface area contributed by atoms with Crippen LogP contribution in [0.15, 0.2) is 41.8 Å². The minimum Gasteiger partial charge on any atom is -0.354 e. The molecule has 1 aliphatic rings. The Morgan fingerprint density at radius 3 is 2.62 bits per heavy atom. The molecule has 2 aromatic rings.